The zero-order chi connectivity index (χ0) is 18.3. The highest BCUT2D eigenvalue weighted by atomic mass is 16.5. The second kappa shape index (κ2) is 6.67. The largest absolute Gasteiger partial charge is 0.379 e. The molecule has 26 heavy (non-hydrogen) atoms. The van der Waals surface area contributed by atoms with Crippen molar-refractivity contribution in [1.82, 2.24) is 20.0 Å². The maximum atomic E-state index is 12.8. The van der Waals surface area contributed by atoms with Gasteiger partial charge in [-0.2, -0.15) is 0 Å². The first-order chi connectivity index (χ1) is 12.5. The van der Waals surface area contributed by atoms with Gasteiger partial charge in [0.15, 0.2) is 0 Å². The number of hydrogen-bond donors (Lipinski definition) is 2. The van der Waals surface area contributed by atoms with E-state index in [4.69, 9.17) is 9.72 Å². The van der Waals surface area contributed by atoms with E-state index in [1.54, 1.807) is 0 Å². The third kappa shape index (κ3) is 3.23. The lowest BCUT2D eigenvalue weighted by Gasteiger charge is -2.27. The molecule has 0 radical (unpaired) electrons. The molecule has 1 aliphatic carbocycles. The number of imidazole rings is 1. The fourth-order valence-electron chi connectivity index (χ4n) is 3.76. The molecule has 2 aromatic heterocycles. The maximum Gasteiger partial charge on any atom is 0.227 e. The van der Waals surface area contributed by atoms with Gasteiger partial charge in [-0.1, -0.05) is 6.07 Å². The summed E-state index contributed by atoms with van der Waals surface area (Å²) in [7, 11) is 0. The molecule has 1 atom stereocenters. The summed E-state index contributed by atoms with van der Waals surface area (Å²) >= 11 is 0. The lowest BCUT2D eigenvalue weighted by Crippen LogP contribution is -2.47. The number of nitrogens with one attached hydrogen (secondary N) is 2. The van der Waals surface area contributed by atoms with Gasteiger partial charge in [0.05, 0.1) is 35.9 Å². The van der Waals surface area contributed by atoms with Crippen molar-refractivity contribution in [2.45, 2.75) is 45.1 Å². The molecule has 140 valence electrons. The molecular formula is C20H28N4O2. The smallest absolute Gasteiger partial charge is 0.227 e. The molecule has 6 heteroatoms. The van der Waals surface area contributed by atoms with Gasteiger partial charge in [0.2, 0.25) is 5.91 Å². The van der Waals surface area contributed by atoms with Gasteiger partial charge in [-0.05, 0) is 45.2 Å². The first kappa shape index (κ1) is 17.5. The van der Waals surface area contributed by atoms with E-state index in [9.17, 15) is 4.79 Å². The van der Waals surface area contributed by atoms with Gasteiger partial charge in [0, 0.05) is 25.2 Å². The Morgan fingerprint density at radius 2 is 2.23 bits per heavy atom. The molecule has 2 aliphatic rings. The highest BCUT2D eigenvalue weighted by Gasteiger charge is 2.35. The number of aryl methyl sites for hydroxylation is 1. The van der Waals surface area contributed by atoms with E-state index < -0.39 is 5.54 Å². The van der Waals surface area contributed by atoms with Gasteiger partial charge >= 0.3 is 0 Å². The Balaban J connectivity index is 1.65. The normalized spacial score (nSPS) is 21.6. The molecule has 1 amide bonds. The first-order valence-corrected chi connectivity index (χ1v) is 9.56. The highest BCUT2D eigenvalue weighted by Crippen LogP contribution is 2.43. The molecule has 0 aromatic carbocycles. The highest BCUT2D eigenvalue weighted by molar-refractivity contribution is 5.80. The van der Waals surface area contributed by atoms with E-state index in [0.717, 1.165) is 12.4 Å². The van der Waals surface area contributed by atoms with Crippen molar-refractivity contribution < 1.29 is 9.53 Å². The Morgan fingerprint density at radius 1 is 1.42 bits per heavy atom. The second-order valence-corrected chi connectivity index (χ2v) is 8.09. The summed E-state index contributed by atoms with van der Waals surface area (Å²) in [5, 5.41) is 6.47. The average molecular weight is 356 g/mol. The van der Waals surface area contributed by atoms with Crippen molar-refractivity contribution in [3.63, 3.8) is 0 Å². The number of rotatable bonds is 4. The summed E-state index contributed by atoms with van der Waals surface area (Å²) in [6.45, 7) is 8.75. The Morgan fingerprint density at radius 3 is 3.00 bits per heavy atom. The summed E-state index contributed by atoms with van der Waals surface area (Å²) in [5.74, 6) is 1.30. The molecule has 0 spiro atoms. The number of nitrogens with zero attached hydrogens (tertiary/aromatic N) is 2. The van der Waals surface area contributed by atoms with Crippen molar-refractivity contribution >= 4 is 11.4 Å². The molecule has 2 fully saturated rings. The van der Waals surface area contributed by atoms with E-state index in [1.807, 2.05) is 19.9 Å². The Bertz CT molecular complexity index is 815. The number of amides is 1. The van der Waals surface area contributed by atoms with Gasteiger partial charge in [-0.3, -0.25) is 4.79 Å². The van der Waals surface area contributed by atoms with Gasteiger partial charge < -0.3 is 19.8 Å². The monoisotopic (exact) mass is 356 g/mol. The molecule has 0 bridgehead atoms. The van der Waals surface area contributed by atoms with Crippen molar-refractivity contribution in [2.24, 2.45) is 5.92 Å². The van der Waals surface area contributed by atoms with Crippen LogP contribution < -0.4 is 10.6 Å². The van der Waals surface area contributed by atoms with Crippen LogP contribution >= 0.6 is 0 Å². The molecule has 1 saturated heterocycles. The van der Waals surface area contributed by atoms with Crippen LogP contribution in [0.1, 0.15) is 49.7 Å². The second-order valence-electron chi connectivity index (χ2n) is 8.09. The lowest BCUT2D eigenvalue weighted by molar-refractivity contribution is -0.128. The van der Waals surface area contributed by atoms with Crippen molar-refractivity contribution in [3.8, 4) is 0 Å². The SMILES string of the molecule is Cc1cccn2c(C(C)(C)NC(=O)C3CNCCOC3)nc(C3CC3)c12. The summed E-state index contributed by atoms with van der Waals surface area (Å²) in [6, 6.07) is 4.18. The van der Waals surface area contributed by atoms with Gasteiger partial charge in [-0.25, -0.2) is 4.98 Å². The van der Waals surface area contributed by atoms with E-state index in [0.29, 0.717) is 25.7 Å². The zero-order valence-corrected chi connectivity index (χ0v) is 15.8. The van der Waals surface area contributed by atoms with Crippen LogP contribution in [-0.4, -0.2) is 41.6 Å². The fourth-order valence-corrected chi connectivity index (χ4v) is 3.76. The Hall–Kier alpha value is -1.92. The van der Waals surface area contributed by atoms with Crippen molar-refractivity contribution in [1.29, 1.82) is 0 Å². The predicted molar refractivity (Wildman–Crippen MR) is 100 cm³/mol. The molecule has 1 aliphatic heterocycles. The minimum Gasteiger partial charge on any atom is -0.379 e. The number of carbonyl (C=O) groups excluding carboxylic acids is 1. The summed E-state index contributed by atoms with van der Waals surface area (Å²) in [6.07, 6.45) is 4.47. The third-order valence-corrected chi connectivity index (χ3v) is 5.36. The number of carbonyl (C=O) groups is 1. The molecular weight excluding hydrogens is 328 g/mol. The molecule has 4 rings (SSSR count). The van der Waals surface area contributed by atoms with Crippen molar-refractivity contribution in [3.05, 3.63) is 35.4 Å². The zero-order valence-electron chi connectivity index (χ0n) is 15.8. The molecule has 2 aromatic rings. The van der Waals surface area contributed by atoms with Gasteiger partial charge in [-0.15, -0.1) is 0 Å². The van der Waals surface area contributed by atoms with E-state index in [-0.39, 0.29) is 11.8 Å². The number of aromatic nitrogens is 2. The molecule has 1 saturated carbocycles. The van der Waals surface area contributed by atoms with Crippen LogP contribution in [0, 0.1) is 12.8 Å². The Labute approximate surface area is 154 Å². The summed E-state index contributed by atoms with van der Waals surface area (Å²) in [5.41, 5.74) is 3.05. The maximum absolute atomic E-state index is 12.8. The van der Waals surface area contributed by atoms with Crippen LogP contribution in [0.2, 0.25) is 0 Å². The van der Waals surface area contributed by atoms with E-state index >= 15 is 0 Å². The molecule has 3 heterocycles. The van der Waals surface area contributed by atoms with Crippen LogP contribution in [-0.2, 0) is 15.1 Å². The average Bonchev–Trinajstić information content (AvgIpc) is 3.39. The topological polar surface area (TPSA) is 67.7 Å². The standard InChI is InChI=1S/C20H28N4O2/c1-13-5-4-9-24-17(13)16(14-6-7-14)22-19(24)20(2,3)23-18(25)15-11-21-8-10-26-12-15/h4-5,9,14-15,21H,6-8,10-12H2,1-3H3,(H,23,25). The lowest BCUT2D eigenvalue weighted by atomic mass is 10.0. The third-order valence-electron chi connectivity index (χ3n) is 5.36. The van der Waals surface area contributed by atoms with E-state index in [2.05, 4.69) is 34.2 Å². The minimum absolute atomic E-state index is 0.0155. The summed E-state index contributed by atoms with van der Waals surface area (Å²) in [4.78, 5) is 17.8. The van der Waals surface area contributed by atoms with Crippen LogP contribution in [0.15, 0.2) is 18.3 Å². The number of fused-ring (bicyclic) bond motifs is 1. The van der Waals surface area contributed by atoms with Crippen LogP contribution in [0.25, 0.3) is 5.52 Å². The number of ether oxygens (including phenoxy) is 1. The molecule has 2 N–H and O–H groups in total. The quantitative estimate of drug-likeness (QED) is 0.880. The fraction of sp³-hybridized carbons (Fsp3) is 0.600. The van der Waals surface area contributed by atoms with Gasteiger partial charge in [0.1, 0.15) is 5.82 Å². The van der Waals surface area contributed by atoms with Crippen LogP contribution in [0.4, 0.5) is 0 Å². The predicted octanol–water partition coefficient (Wildman–Crippen LogP) is 2.11. The number of pyridine rings is 1. The van der Waals surface area contributed by atoms with E-state index in [1.165, 1.54) is 29.6 Å². The Kier molecular flexibility index (Phi) is 4.49. The van der Waals surface area contributed by atoms with Crippen LogP contribution in [0.3, 0.4) is 0 Å². The number of hydrogen-bond acceptors (Lipinski definition) is 4. The molecule has 6 nitrogen and oxygen atoms in total. The van der Waals surface area contributed by atoms with Gasteiger partial charge in [0.25, 0.3) is 0 Å². The first-order valence-electron chi connectivity index (χ1n) is 9.56. The summed E-state index contributed by atoms with van der Waals surface area (Å²) < 4.78 is 7.69. The van der Waals surface area contributed by atoms with Crippen LogP contribution in [0.5, 0.6) is 0 Å². The minimum atomic E-state index is -0.562. The van der Waals surface area contributed by atoms with Crippen molar-refractivity contribution in [2.75, 3.05) is 26.3 Å². The molecule has 1 unspecified atom stereocenters.